The fourth-order valence-electron chi connectivity index (χ4n) is 8.71. The van der Waals surface area contributed by atoms with Crippen molar-refractivity contribution in [3.05, 3.63) is 133 Å². The van der Waals surface area contributed by atoms with Crippen molar-refractivity contribution in [3.8, 4) is 51.0 Å². The molecule has 3 heterocycles. The lowest BCUT2D eigenvalue weighted by Gasteiger charge is -2.19. The molecule has 3 aromatic heterocycles. The molecule has 0 saturated carbocycles. The molecule has 0 aliphatic heterocycles. The van der Waals surface area contributed by atoms with E-state index in [1.807, 2.05) is 24.3 Å². The first-order chi connectivity index (χ1) is 27.3. The summed E-state index contributed by atoms with van der Waals surface area (Å²) in [5.74, 6) is 1.89. The van der Waals surface area contributed by atoms with Gasteiger partial charge in [-0.2, -0.15) is 0 Å². The second-order valence-electron chi connectivity index (χ2n) is 15.0. The first-order valence-electron chi connectivity index (χ1n) is 19.2. The highest BCUT2D eigenvalue weighted by Crippen LogP contribution is 2.37. The van der Waals surface area contributed by atoms with E-state index in [9.17, 15) is 0 Å². The summed E-state index contributed by atoms with van der Waals surface area (Å²) >= 11 is 0. The summed E-state index contributed by atoms with van der Waals surface area (Å²) in [7, 11) is 13.2. The largest absolute Gasteiger partial charge is 0.457 e. The summed E-state index contributed by atoms with van der Waals surface area (Å²) in [6.07, 6.45) is 0. The zero-order chi connectivity index (χ0) is 38.2. The first-order valence-corrected chi connectivity index (χ1v) is 19.2. The van der Waals surface area contributed by atoms with Gasteiger partial charge in [0.1, 0.15) is 58.2 Å². The average molecular weight is 712 g/mol. The third kappa shape index (κ3) is 5.14. The van der Waals surface area contributed by atoms with E-state index in [-0.39, 0.29) is 0 Å². The maximum atomic E-state index is 7.12. The van der Waals surface area contributed by atoms with Crippen LogP contribution >= 0.6 is 0 Å². The molecule has 7 aromatic carbocycles. The molecular formula is C45H34B6N4O. The Morgan fingerprint density at radius 2 is 0.911 bits per heavy atom. The Kier molecular flexibility index (Phi) is 7.96. The summed E-state index contributed by atoms with van der Waals surface area (Å²) in [5.41, 5.74) is 17.3. The molecule has 56 heavy (non-hydrogen) atoms. The van der Waals surface area contributed by atoms with Gasteiger partial charge in [0, 0.05) is 32.8 Å². The van der Waals surface area contributed by atoms with Crippen molar-refractivity contribution in [3.63, 3.8) is 0 Å². The Hall–Kier alpha value is -6.46. The van der Waals surface area contributed by atoms with Crippen molar-refractivity contribution in [1.29, 1.82) is 0 Å². The Morgan fingerprint density at radius 1 is 0.393 bits per heavy atom. The molecule has 258 valence electrons. The number of benzene rings is 7. The van der Waals surface area contributed by atoms with Crippen LogP contribution in [0.25, 0.3) is 94.7 Å². The SMILES string of the molecule is Bc1c(B)c(-n2c3ccccc3c3ccccc32)c2c(oc3c(B)c(-c4nc(-c5ccccc5)nc(-c5cccc(-c6ccccc6)c5)n4)c(B)c(B)c32)c1B. The highest BCUT2D eigenvalue weighted by Gasteiger charge is 2.27. The van der Waals surface area contributed by atoms with E-state index in [0.29, 0.717) is 17.5 Å². The molecule has 10 aromatic rings. The molecule has 0 radical (unpaired) electrons. The molecule has 0 saturated heterocycles. The van der Waals surface area contributed by atoms with Gasteiger partial charge in [0.15, 0.2) is 17.5 Å². The molecule has 0 aliphatic rings. The fourth-order valence-corrected chi connectivity index (χ4v) is 8.71. The minimum Gasteiger partial charge on any atom is -0.457 e. The van der Waals surface area contributed by atoms with Gasteiger partial charge in [0.2, 0.25) is 0 Å². The Labute approximate surface area is 330 Å². The molecule has 0 amide bonds. The van der Waals surface area contributed by atoms with Crippen LogP contribution in [0.2, 0.25) is 0 Å². The van der Waals surface area contributed by atoms with Crippen LogP contribution < -0.4 is 32.8 Å². The van der Waals surface area contributed by atoms with E-state index in [1.165, 1.54) is 38.4 Å². The van der Waals surface area contributed by atoms with Crippen molar-refractivity contribution in [2.24, 2.45) is 0 Å². The van der Waals surface area contributed by atoms with Gasteiger partial charge >= 0.3 is 0 Å². The third-order valence-electron chi connectivity index (χ3n) is 11.9. The van der Waals surface area contributed by atoms with Crippen LogP contribution in [0.15, 0.2) is 138 Å². The normalized spacial score (nSPS) is 11.6. The highest BCUT2D eigenvalue weighted by molar-refractivity contribution is 6.64. The third-order valence-corrected chi connectivity index (χ3v) is 11.9. The summed E-state index contributed by atoms with van der Waals surface area (Å²) < 4.78 is 9.57. The maximum Gasteiger partial charge on any atom is 0.164 e. The van der Waals surface area contributed by atoms with Gasteiger partial charge in [-0.1, -0.05) is 143 Å². The van der Waals surface area contributed by atoms with Crippen LogP contribution in [0.3, 0.4) is 0 Å². The molecule has 10 rings (SSSR count). The number of aromatic nitrogens is 4. The number of rotatable bonds is 5. The van der Waals surface area contributed by atoms with Gasteiger partial charge in [-0.3, -0.25) is 0 Å². The standard InChI is InChI=1S/C45H34B6N4O/c46-34-31-32-40(55-29-20-9-7-18-27(29)28-19-8-10-21-30(28)55)38(50)37(49)39(51)42(32)56-41(31)36(48)33(35(34)47)45-53-43(24-14-5-2-6-15-24)52-44(54-45)26-17-11-16-25(22-26)23-12-3-1-4-13-23/h1-22H,46-51H2. The maximum absolute atomic E-state index is 7.12. The summed E-state index contributed by atoms with van der Waals surface area (Å²) in [6, 6.07) is 46.5. The van der Waals surface area contributed by atoms with Gasteiger partial charge in [-0.15, -0.1) is 0 Å². The molecule has 11 heteroatoms. The zero-order valence-corrected chi connectivity index (χ0v) is 32.4. The monoisotopic (exact) mass is 712 g/mol. The van der Waals surface area contributed by atoms with E-state index in [1.54, 1.807) is 0 Å². The number of fused-ring (bicyclic) bond motifs is 6. The Morgan fingerprint density at radius 3 is 1.57 bits per heavy atom. The second kappa shape index (κ2) is 13.1. The highest BCUT2D eigenvalue weighted by atomic mass is 16.3. The van der Waals surface area contributed by atoms with Gasteiger partial charge in [-0.25, -0.2) is 15.0 Å². The quantitative estimate of drug-likeness (QED) is 0.251. The van der Waals surface area contributed by atoms with Crippen LogP contribution in [-0.2, 0) is 0 Å². The minimum absolute atomic E-state index is 0.628. The van der Waals surface area contributed by atoms with E-state index < -0.39 is 0 Å². The number of hydrogen-bond donors (Lipinski definition) is 0. The Balaban J connectivity index is 1.26. The van der Waals surface area contributed by atoms with Crippen LogP contribution in [0.1, 0.15) is 0 Å². The van der Waals surface area contributed by atoms with Gasteiger partial charge in [-0.05, 0) is 34.8 Å². The van der Waals surface area contributed by atoms with Crippen molar-refractivity contribution >= 4 is 124 Å². The molecule has 0 N–H and O–H groups in total. The number of para-hydroxylation sites is 2. The summed E-state index contributed by atoms with van der Waals surface area (Å²) in [6.45, 7) is 0. The van der Waals surface area contributed by atoms with Crippen molar-refractivity contribution in [1.82, 2.24) is 19.5 Å². The van der Waals surface area contributed by atoms with Gasteiger partial charge in [0.05, 0.1) is 22.1 Å². The second-order valence-corrected chi connectivity index (χ2v) is 15.0. The summed E-state index contributed by atoms with van der Waals surface area (Å²) in [4.78, 5) is 15.6. The number of furan rings is 1. The fraction of sp³-hybridized carbons (Fsp3) is 0. The lowest BCUT2D eigenvalue weighted by Crippen LogP contribution is -2.41. The molecule has 5 nitrogen and oxygen atoms in total. The molecule has 0 atom stereocenters. The van der Waals surface area contributed by atoms with Crippen molar-refractivity contribution < 1.29 is 4.42 Å². The van der Waals surface area contributed by atoms with Gasteiger partial charge in [0.25, 0.3) is 0 Å². The average Bonchev–Trinajstić information content (AvgIpc) is 3.81. The van der Waals surface area contributed by atoms with E-state index in [2.05, 4.69) is 161 Å². The van der Waals surface area contributed by atoms with Gasteiger partial charge < -0.3 is 8.98 Å². The Bertz CT molecular complexity index is 3160. The van der Waals surface area contributed by atoms with Crippen LogP contribution in [0.5, 0.6) is 0 Å². The number of hydrogen-bond acceptors (Lipinski definition) is 4. The zero-order valence-electron chi connectivity index (χ0n) is 32.4. The van der Waals surface area contributed by atoms with E-state index in [0.717, 1.165) is 71.6 Å². The predicted molar refractivity (Wildman–Crippen MR) is 252 cm³/mol. The predicted octanol–water partition coefficient (Wildman–Crippen LogP) is 1.09. The van der Waals surface area contributed by atoms with Crippen molar-refractivity contribution in [2.45, 2.75) is 0 Å². The van der Waals surface area contributed by atoms with Crippen LogP contribution in [0, 0.1) is 0 Å². The lowest BCUT2D eigenvalue weighted by molar-refractivity contribution is 0.674. The number of nitrogens with zero attached hydrogens (tertiary/aromatic N) is 4. The van der Waals surface area contributed by atoms with E-state index in [4.69, 9.17) is 19.4 Å². The van der Waals surface area contributed by atoms with Crippen LogP contribution in [0.4, 0.5) is 0 Å². The topological polar surface area (TPSA) is 56.7 Å². The first kappa shape index (κ1) is 34.1. The van der Waals surface area contributed by atoms with Crippen LogP contribution in [-0.4, -0.2) is 66.6 Å². The molecule has 0 unspecified atom stereocenters. The molecule has 0 spiro atoms. The molecule has 0 aliphatic carbocycles. The smallest absolute Gasteiger partial charge is 0.164 e. The molecule has 0 fully saturated rings. The van der Waals surface area contributed by atoms with E-state index >= 15 is 0 Å². The summed E-state index contributed by atoms with van der Waals surface area (Å²) in [5, 5.41) is 4.75. The lowest BCUT2D eigenvalue weighted by atomic mass is 9.68. The minimum atomic E-state index is 0.628. The molecular weight excluding hydrogens is 677 g/mol. The molecule has 0 bridgehead atoms. The van der Waals surface area contributed by atoms with Crippen molar-refractivity contribution in [2.75, 3.05) is 0 Å².